The molecule has 0 saturated carbocycles. The van der Waals surface area contributed by atoms with Gasteiger partial charge in [-0.15, -0.1) is 0 Å². The second-order valence-electron chi connectivity index (χ2n) is 4.19. The van der Waals surface area contributed by atoms with Gasteiger partial charge in [0.05, 0.1) is 16.6 Å². The number of halogens is 2. The topological polar surface area (TPSA) is 92.6 Å². The van der Waals surface area contributed by atoms with Gasteiger partial charge in [0.2, 0.25) is 11.7 Å². The first kappa shape index (κ1) is 16.5. The average Bonchev–Trinajstić information content (AvgIpc) is 2.45. The van der Waals surface area contributed by atoms with E-state index >= 15 is 0 Å². The molecule has 1 aromatic rings. The van der Waals surface area contributed by atoms with Crippen molar-refractivity contribution in [3.05, 3.63) is 39.4 Å². The molecule has 0 spiro atoms. The number of nitro benzene ring substituents is 1. The summed E-state index contributed by atoms with van der Waals surface area (Å²) >= 11 is 0. The maximum atomic E-state index is 13.8. The summed E-state index contributed by atoms with van der Waals surface area (Å²) in [6.07, 6.45) is -0.0300. The smallest absolute Gasteiger partial charge is 0.308 e. The van der Waals surface area contributed by atoms with Crippen molar-refractivity contribution in [3.63, 3.8) is 0 Å². The molecule has 0 aliphatic carbocycles. The highest BCUT2D eigenvalue weighted by molar-refractivity contribution is 5.95. The fourth-order valence-electron chi connectivity index (χ4n) is 1.56. The summed E-state index contributed by atoms with van der Waals surface area (Å²) in [5.74, 6) is -3.77. The third-order valence-corrected chi connectivity index (χ3v) is 2.75. The monoisotopic (exact) mass is 301 g/mol. The summed E-state index contributed by atoms with van der Waals surface area (Å²) in [6.45, 7) is -0.0394. The number of amides is 2. The van der Waals surface area contributed by atoms with E-state index in [2.05, 4.69) is 5.32 Å². The van der Waals surface area contributed by atoms with Gasteiger partial charge >= 0.3 is 5.69 Å². The third-order valence-electron chi connectivity index (χ3n) is 2.75. The van der Waals surface area contributed by atoms with E-state index in [-0.39, 0.29) is 18.9 Å². The highest BCUT2D eigenvalue weighted by Crippen LogP contribution is 2.23. The number of carbonyl (C=O) groups is 2. The molecule has 114 valence electrons. The van der Waals surface area contributed by atoms with Crippen LogP contribution in [0.25, 0.3) is 0 Å². The lowest BCUT2D eigenvalue weighted by Gasteiger charge is -2.17. The molecule has 0 atom stereocenters. The second kappa shape index (κ2) is 6.73. The molecular weight excluding hydrogens is 288 g/mol. The van der Waals surface area contributed by atoms with Crippen LogP contribution in [0.3, 0.4) is 0 Å². The minimum atomic E-state index is -1.40. The zero-order valence-corrected chi connectivity index (χ0v) is 11.4. The molecule has 0 aromatic heterocycles. The van der Waals surface area contributed by atoms with Gasteiger partial charge in [-0.2, -0.15) is 4.39 Å². The van der Waals surface area contributed by atoms with Crippen LogP contribution in [0.4, 0.5) is 14.5 Å². The summed E-state index contributed by atoms with van der Waals surface area (Å²) in [4.78, 5) is 33.5. The molecule has 0 radical (unpaired) electrons. The zero-order chi connectivity index (χ0) is 16.2. The van der Waals surface area contributed by atoms with Crippen LogP contribution in [0.5, 0.6) is 0 Å². The zero-order valence-electron chi connectivity index (χ0n) is 11.4. The summed E-state index contributed by atoms with van der Waals surface area (Å²) in [6, 6.07) is 0.984. The van der Waals surface area contributed by atoms with E-state index in [1.165, 1.54) is 14.1 Å². The number of nitrogens with one attached hydrogen (secondary N) is 1. The molecule has 21 heavy (non-hydrogen) atoms. The van der Waals surface area contributed by atoms with Crippen molar-refractivity contribution in [1.82, 2.24) is 10.2 Å². The largest absolute Gasteiger partial charge is 0.359 e. The Bertz CT molecular complexity index is 592. The van der Waals surface area contributed by atoms with Crippen LogP contribution >= 0.6 is 0 Å². The molecule has 1 rings (SSSR count). The average molecular weight is 301 g/mol. The molecule has 0 fully saturated rings. The van der Waals surface area contributed by atoms with Crippen LogP contribution in [0, 0.1) is 21.7 Å². The lowest BCUT2D eigenvalue weighted by Crippen LogP contribution is -2.32. The van der Waals surface area contributed by atoms with E-state index in [9.17, 15) is 28.5 Å². The van der Waals surface area contributed by atoms with Gasteiger partial charge in [-0.1, -0.05) is 0 Å². The molecule has 1 N–H and O–H groups in total. The van der Waals surface area contributed by atoms with E-state index in [0.717, 1.165) is 4.90 Å². The quantitative estimate of drug-likeness (QED) is 0.650. The van der Waals surface area contributed by atoms with E-state index in [4.69, 9.17) is 0 Å². The number of rotatable bonds is 5. The molecule has 1 aromatic carbocycles. The summed E-state index contributed by atoms with van der Waals surface area (Å²) in [7, 11) is 2.70. The van der Waals surface area contributed by atoms with Crippen LogP contribution in [-0.2, 0) is 4.79 Å². The number of benzene rings is 1. The Hall–Kier alpha value is -2.58. The van der Waals surface area contributed by atoms with Crippen molar-refractivity contribution in [1.29, 1.82) is 0 Å². The molecule has 0 heterocycles. The first-order chi connectivity index (χ1) is 9.77. The normalized spacial score (nSPS) is 10.1. The molecule has 2 amide bonds. The van der Waals surface area contributed by atoms with Crippen molar-refractivity contribution >= 4 is 17.5 Å². The minimum Gasteiger partial charge on any atom is -0.359 e. The Morgan fingerprint density at radius 2 is 2.00 bits per heavy atom. The SMILES string of the molecule is CNC(=O)CCN(C)C(=O)c1cc(F)cc([N+](=O)[O-])c1F. The minimum absolute atomic E-state index is 0.0300. The van der Waals surface area contributed by atoms with Gasteiger partial charge in [0.1, 0.15) is 5.82 Å². The predicted octanol–water partition coefficient (Wildman–Crippen LogP) is 1.08. The standard InChI is InChI=1S/C12H13F2N3O4/c1-15-10(18)3-4-16(2)12(19)8-5-7(13)6-9(11(8)14)17(20)21/h5-6H,3-4H2,1-2H3,(H,15,18). The Morgan fingerprint density at radius 1 is 1.38 bits per heavy atom. The maximum Gasteiger partial charge on any atom is 0.308 e. The Balaban J connectivity index is 3.02. The van der Waals surface area contributed by atoms with Crippen molar-refractivity contribution in [3.8, 4) is 0 Å². The third kappa shape index (κ3) is 3.94. The van der Waals surface area contributed by atoms with Gasteiger partial charge in [0, 0.05) is 27.1 Å². The van der Waals surface area contributed by atoms with E-state index in [0.29, 0.717) is 12.1 Å². The van der Waals surface area contributed by atoms with E-state index in [1.807, 2.05) is 0 Å². The Kier molecular flexibility index (Phi) is 5.28. The van der Waals surface area contributed by atoms with Crippen molar-refractivity contribution < 1.29 is 23.3 Å². The van der Waals surface area contributed by atoms with E-state index in [1.54, 1.807) is 0 Å². The molecule has 0 unspecified atom stereocenters. The number of nitrogens with zero attached hydrogens (tertiary/aromatic N) is 2. The van der Waals surface area contributed by atoms with Crippen LogP contribution in [0.2, 0.25) is 0 Å². The van der Waals surface area contributed by atoms with Gasteiger partial charge in [0.15, 0.2) is 0 Å². The van der Waals surface area contributed by atoms with Crippen LogP contribution in [0.15, 0.2) is 12.1 Å². The molecular formula is C12H13F2N3O4. The van der Waals surface area contributed by atoms with Gasteiger partial charge < -0.3 is 10.2 Å². The van der Waals surface area contributed by atoms with Gasteiger partial charge in [-0.25, -0.2) is 4.39 Å². The molecule has 0 saturated heterocycles. The van der Waals surface area contributed by atoms with Gasteiger partial charge in [-0.3, -0.25) is 19.7 Å². The maximum absolute atomic E-state index is 13.8. The highest BCUT2D eigenvalue weighted by Gasteiger charge is 2.26. The fraction of sp³-hybridized carbons (Fsp3) is 0.333. The number of carbonyl (C=O) groups excluding carboxylic acids is 2. The van der Waals surface area contributed by atoms with Crippen LogP contribution in [-0.4, -0.2) is 42.3 Å². The lowest BCUT2D eigenvalue weighted by molar-refractivity contribution is -0.387. The molecule has 7 nitrogen and oxygen atoms in total. The molecule has 0 bridgehead atoms. The van der Waals surface area contributed by atoms with Crippen LogP contribution in [0.1, 0.15) is 16.8 Å². The number of hydrogen-bond acceptors (Lipinski definition) is 4. The molecule has 0 aliphatic heterocycles. The summed E-state index contributed by atoms with van der Waals surface area (Å²) in [5.41, 5.74) is -1.86. The highest BCUT2D eigenvalue weighted by atomic mass is 19.1. The number of nitro groups is 1. The first-order valence-corrected chi connectivity index (χ1v) is 5.87. The summed E-state index contributed by atoms with van der Waals surface area (Å²) < 4.78 is 27.1. The number of hydrogen-bond donors (Lipinski definition) is 1. The van der Waals surface area contributed by atoms with Gasteiger partial charge in [0.25, 0.3) is 5.91 Å². The Labute approximate surface area is 118 Å². The van der Waals surface area contributed by atoms with E-state index < -0.39 is 33.7 Å². The first-order valence-electron chi connectivity index (χ1n) is 5.87. The summed E-state index contributed by atoms with van der Waals surface area (Å²) in [5, 5.41) is 12.9. The molecule has 9 heteroatoms. The molecule has 0 aliphatic rings. The fourth-order valence-corrected chi connectivity index (χ4v) is 1.56. The second-order valence-corrected chi connectivity index (χ2v) is 4.19. The predicted molar refractivity (Wildman–Crippen MR) is 68.7 cm³/mol. The van der Waals surface area contributed by atoms with Crippen LogP contribution < -0.4 is 5.32 Å². The van der Waals surface area contributed by atoms with Crippen molar-refractivity contribution in [2.24, 2.45) is 0 Å². The van der Waals surface area contributed by atoms with Crippen molar-refractivity contribution in [2.75, 3.05) is 20.6 Å². The van der Waals surface area contributed by atoms with Crippen molar-refractivity contribution in [2.45, 2.75) is 6.42 Å². The van der Waals surface area contributed by atoms with Gasteiger partial charge in [-0.05, 0) is 6.07 Å². The lowest BCUT2D eigenvalue weighted by atomic mass is 10.1. The Morgan fingerprint density at radius 3 is 2.52 bits per heavy atom.